The third-order valence-corrected chi connectivity index (χ3v) is 4.06. The Bertz CT molecular complexity index is 473. The number of hydrogen-bond donors (Lipinski definition) is 1. The molecule has 1 aliphatic rings. The van der Waals surface area contributed by atoms with Crippen molar-refractivity contribution in [2.45, 2.75) is 31.8 Å². The third-order valence-electron chi connectivity index (χ3n) is 3.83. The minimum Gasteiger partial charge on any atom is -0.317 e. The summed E-state index contributed by atoms with van der Waals surface area (Å²) in [6.07, 6.45) is 3.34. The van der Waals surface area contributed by atoms with Gasteiger partial charge in [-0.1, -0.05) is 11.6 Å². The van der Waals surface area contributed by atoms with Gasteiger partial charge in [0.25, 0.3) is 5.69 Å². The zero-order chi connectivity index (χ0) is 14.5. The number of rotatable bonds is 4. The lowest BCUT2D eigenvalue weighted by Gasteiger charge is -2.26. The van der Waals surface area contributed by atoms with Gasteiger partial charge in [-0.15, -0.1) is 0 Å². The molecule has 0 saturated carbocycles. The fourth-order valence-corrected chi connectivity index (χ4v) is 2.89. The van der Waals surface area contributed by atoms with E-state index in [0.717, 1.165) is 32.4 Å². The summed E-state index contributed by atoms with van der Waals surface area (Å²) < 4.78 is 0. The Morgan fingerprint density at radius 1 is 1.45 bits per heavy atom. The Kier molecular flexibility index (Phi) is 5.34. The van der Waals surface area contributed by atoms with Crippen molar-refractivity contribution in [3.63, 3.8) is 0 Å². The van der Waals surface area contributed by atoms with Crippen molar-refractivity contribution < 1.29 is 4.92 Å². The summed E-state index contributed by atoms with van der Waals surface area (Å²) in [6.45, 7) is 2.62. The van der Waals surface area contributed by atoms with E-state index in [1.54, 1.807) is 12.1 Å². The lowest BCUT2D eigenvalue weighted by molar-refractivity contribution is -0.385. The molecule has 5 nitrogen and oxygen atoms in total. The highest BCUT2D eigenvalue weighted by Crippen LogP contribution is 2.25. The summed E-state index contributed by atoms with van der Waals surface area (Å²) in [5.74, 6) is 0. The van der Waals surface area contributed by atoms with Crippen LogP contribution in [0.1, 0.15) is 24.8 Å². The van der Waals surface area contributed by atoms with Gasteiger partial charge in [0, 0.05) is 29.2 Å². The fraction of sp³-hybridized carbons (Fsp3) is 0.571. The Morgan fingerprint density at radius 2 is 2.25 bits per heavy atom. The molecule has 0 amide bonds. The highest BCUT2D eigenvalue weighted by molar-refractivity contribution is 6.30. The van der Waals surface area contributed by atoms with Crippen molar-refractivity contribution in [2.24, 2.45) is 0 Å². The zero-order valence-electron chi connectivity index (χ0n) is 11.6. The second-order valence-electron chi connectivity index (χ2n) is 5.28. The molecule has 1 aromatic rings. The topological polar surface area (TPSA) is 58.4 Å². The van der Waals surface area contributed by atoms with Crippen LogP contribution in [0.3, 0.4) is 0 Å². The Hall–Kier alpha value is -1.17. The van der Waals surface area contributed by atoms with Crippen LogP contribution in [0.5, 0.6) is 0 Å². The van der Waals surface area contributed by atoms with Crippen LogP contribution in [0.15, 0.2) is 18.2 Å². The molecule has 110 valence electrons. The number of nitrogens with one attached hydrogen (secondary N) is 1. The summed E-state index contributed by atoms with van der Waals surface area (Å²) in [5, 5.41) is 15.0. The van der Waals surface area contributed by atoms with Gasteiger partial charge in [0.15, 0.2) is 0 Å². The van der Waals surface area contributed by atoms with E-state index in [2.05, 4.69) is 10.2 Å². The van der Waals surface area contributed by atoms with E-state index >= 15 is 0 Å². The monoisotopic (exact) mass is 297 g/mol. The Balaban J connectivity index is 2.11. The van der Waals surface area contributed by atoms with E-state index in [1.165, 1.54) is 6.07 Å². The molecule has 2 rings (SSSR count). The van der Waals surface area contributed by atoms with Crippen LogP contribution in [-0.2, 0) is 6.54 Å². The van der Waals surface area contributed by atoms with Gasteiger partial charge in [-0.05, 0) is 51.5 Å². The van der Waals surface area contributed by atoms with Crippen molar-refractivity contribution in [3.8, 4) is 0 Å². The lowest BCUT2D eigenvalue weighted by atomic mass is 10.1. The van der Waals surface area contributed by atoms with Gasteiger partial charge in [-0.2, -0.15) is 0 Å². The molecular formula is C14H20ClN3O2. The Labute approximate surface area is 124 Å². The van der Waals surface area contributed by atoms with E-state index < -0.39 is 0 Å². The molecule has 1 saturated heterocycles. The second kappa shape index (κ2) is 7.02. The minimum absolute atomic E-state index is 0.146. The van der Waals surface area contributed by atoms with Gasteiger partial charge < -0.3 is 5.32 Å². The molecule has 1 aromatic carbocycles. The quantitative estimate of drug-likeness (QED) is 0.686. The SMILES string of the molecule is CN(Cc1cc(Cl)ccc1[N+](=O)[O-])C1CCCNCC1. The lowest BCUT2D eigenvalue weighted by Crippen LogP contribution is -2.32. The smallest absolute Gasteiger partial charge is 0.273 e. The Morgan fingerprint density at radius 3 is 3.00 bits per heavy atom. The average molecular weight is 298 g/mol. The van der Waals surface area contributed by atoms with Crippen molar-refractivity contribution >= 4 is 17.3 Å². The third kappa shape index (κ3) is 3.91. The van der Waals surface area contributed by atoms with Gasteiger partial charge in [-0.25, -0.2) is 0 Å². The van der Waals surface area contributed by atoms with E-state index in [0.29, 0.717) is 23.2 Å². The number of benzene rings is 1. The van der Waals surface area contributed by atoms with Crippen LogP contribution in [0.25, 0.3) is 0 Å². The first kappa shape index (κ1) is 15.2. The van der Waals surface area contributed by atoms with Gasteiger partial charge in [0.2, 0.25) is 0 Å². The highest BCUT2D eigenvalue weighted by atomic mass is 35.5. The first-order valence-corrected chi connectivity index (χ1v) is 7.29. The van der Waals surface area contributed by atoms with Crippen LogP contribution in [0, 0.1) is 10.1 Å². The maximum Gasteiger partial charge on any atom is 0.273 e. The minimum atomic E-state index is -0.339. The van der Waals surface area contributed by atoms with E-state index in [1.807, 2.05) is 7.05 Å². The number of hydrogen-bond acceptors (Lipinski definition) is 4. The average Bonchev–Trinajstić information content (AvgIpc) is 2.67. The molecule has 6 heteroatoms. The predicted molar refractivity (Wildman–Crippen MR) is 80.1 cm³/mol. The molecule has 0 aromatic heterocycles. The maximum absolute atomic E-state index is 11.1. The van der Waals surface area contributed by atoms with Gasteiger partial charge >= 0.3 is 0 Å². The van der Waals surface area contributed by atoms with Crippen LogP contribution in [0.2, 0.25) is 5.02 Å². The summed E-state index contributed by atoms with van der Waals surface area (Å²) in [4.78, 5) is 12.9. The normalized spacial score (nSPS) is 19.9. The molecule has 1 N–H and O–H groups in total. The van der Waals surface area contributed by atoms with Crippen LogP contribution in [-0.4, -0.2) is 36.0 Å². The summed E-state index contributed by atoms with van der Waals surface area (Å²) >= 11 is 5.97. The van der Waals surface area contributed by atoms with E-state index in [4.69, 9.17) is 11.6 Å². The molecule has 1 unspecified atom stereocenters. The molecule has 1 heterocycles. The second-order valence-corrected chi connectivity index (χ2v) is 5.72. The standard InChI is InChI=1S/C14H20ClN3O2/c1-17(13-3-2-7-16-8-6-13)10-11-9-12(15)4-5-14(11)18(19)20/h4-5,9,13,16H,2-3,6-8,10H2,1H3. The van der Waals surface area contributed by atoms with Gasteiger partial charge in [-0.3, -0.25) is 15.0 Å². The van der Waals surface area contributed by atoms with Crippen LogP contribution in [0.4, 0.5) is 5.69 Å². The van der Waals surface area contributed by atoms with Crippen molar-refractivity contribution in [1.29, 1.82) is 0 Å². The number of nitrogens with zero attached hydrogens (tertiary/aromatic N) is 2. The molecule has 1 aliphatic heterocycles. The van der Waals surface area contributed by atoms with E-state index in [-0.39, 0.29) is 10.6 Å². The van der Waals surface area contributed by atoms with Gasteiger partial charge in [0.05, 0.1) is 4.92 Å². The molecule has 0 bridgehead atoms. The number of nitro groups is 1. The van der Waals surface area contributed by atoms with Crippen molar-refractivity contribution in [3.05, 3.63) is 38.9 Å². The molecule has 0 spiro atoms. The largest absolute Gasteiger partial charge is 0.317 e. The molecule has 1 atom stereocenters. The number of nitro benzene ring substituents is 1. The summed E-state index contributed by atoms with van der Waals surface area (Å²) in [5.41, 5.74) is 0.829. The molecule has 0 aliphatic carbocycles. The van der Waals surface area contributed by atoms with Crippen LogP contribution >= 0.6 is 11.6 Å². The summed E-state index contributed by atoms with van der Waals surface area (Å²) in [6, 6.07) is 5.22. The molecule has 20 heavy (non-hydrogen) atoms. The van der Waals surface area contributed by atoms with E-state index in [9.17, 15) is 10.1 Å². The highest BCUT2D eigenvalue weighted by Gasteiger charge is 2.21. The molecule has 1 fully saturated rings. The first-order chi connectivity index (χ1) is 9.58. The molecular weight excluding hydrogens is 278 g/mol. The molecule has 0 radical (unpaired) electrons. The van der Waals surface area contributed by atoms with Gasteiger partial charge in [0.1, 0.15) is 0 Å². The van der Waals surface area contributed by atoms with Crippen LogP contribution < -0.4 is 5.32 Å². The first-order valence-electron chi connectivity index (χ1n) is 6.91. The zero-order valence-corrected chi connectivity index (χ0v) is 12.4. The fourth-order valence-electron chi connectivity index (χ4n) is 2.70. The van der Waals surface area contributed by atoms with Crippen molar-refractivity contribution in [2.75, 3.05) is 20.1 Å². The maximum atomic E-state index is 11.1. The number of halogens is 1. The summed E-state index contributed by atoms with van der Waals surface area (Å²) in [7, 11) is 2.03. The predicted octanol–water partition coefficient (Wildman–Crippen LogP) is 2.82. The van der Waals surface area contributed by atoms with Crippen molar-refractivity contribution in [1.82, 2.24) is 10.2 Å².